The molecule has 0 rings (SSSR count). The van der Waals surface area contributed by atoms with Crippen molar-refractivity contribution in [2.24, 2.45) is 0 Å². The van der Waals surface area contributed by atoms with Crippen LogP contribution in [0.2, 0.25) is 0 Å². The Morgan fingerprint density at radius 3 is 1.90 bits per heavy atom. The first kappa shape index (κ1) is 9.87. The lowest BCUT2D eigenvalue weighted by atomic mass is 10.5. The van der Waals surface area contributed by atoms with E-state index >= 15 is 0 Å². The van der Waals surface area contributed by atoms with Crippen LogP contribution in [0.25, 0.3) is 0 Å². The summed E-state index contributed by atoms with van der Waals surface area (Å²) in [7, 11) is 0. The van der Waals surface area contributed by atoms with Crippen LogP contribution in [0.1, 0.15) is 0 Å². The van der Waals surface area contributed by atoms with Gasteiger partial charge in [0.25, 0.3) is 6.43 Å². The highest BCUT2D eigenvalue weighted by Crippen LogP contribution is 2.26. The summed E-state index contributed by atoms with van der Waals surface area (Å²) < 4.78 is 57.1. The van der Waals surface area contributed by atoms with Crippen LogP contribution in [-0.2, 0) is 0 Å². The Morgan fingerprint density at radius 1 is 1.40 bits per heavy atom. The number of alkyl halides is 5. The van der Waals surface area contributed by atoms with Gasteiger partial charge in [0.05, 0.1) is 0 Å². The van der Waals surface area contributed by atoms with E-state index in [-0.39, 0.29) is 0 Å². The molecule has 10 heavy (non-hydrogen) atoms. The predicted molar refractivity (Wildman–Crippen MR) is 29.1 cm³/mol. The molecule has 0 saturated carbocycles. The quantitative estimate of drug-likeness (QED) is 0.500. The lowest BCUT2D eigenvalue weighted by molar-refractivity contribution is 0.136. The fourth-order valence-corrected chi connectivity index (χ4v) is 0.438. The minimum atomic E-state index is -3.70. The predicted octanol–water partition coefficient (Wildman–Crippen LogP) is 3.09. The summed E-state index contributed by atoms with van der Waals surface area (Å²) in [6, 6.07) is 0. The molecule has 0 aromatic heterocycles. The first-order chi connectivity index (χ1) is 4.33. The van der Waals surface area contributed by atoms with E-state index in [1.165, 1.54) is 0 Å². The van der Waals surface area contributed by atoms with E-state index < -0.39 is 23.2 Å². The maximum atomic E-state index is 11.6. The van der Waals surface area contributed by atoms with E-state index in [0.717, 1.165) is 0 Å². The zero-order chi connectivity index (χ0) is 8.36. The highest BCUT2D eigenvalue weighted by Gasteiger charge is 2.24. The smallest absolute Gasteiger partial charge is 0.206 e. The van der Waals surface area contributed by atoms with E-state index in [4.69, 9.17) is 0 Å². The standard InChI is InChI=1S/C4H2BrF5/c5-4(9,10)1-2(6)3(7)8/h1,3H/b2-1-. The summed E-state index contributed by atoms with van der Waals surface area (Å²) in [5.74, 6) is -2.14. The number of allylic oxidation sites excluding steroid dienone is 2. The Labute approximate surface area is 61.8 Å². The minimum absolute atomic E-state index is 0.488. The van der Waals surface area contributed by atoms with Gasteiger partial charge < -0.3 is 0 Å². The molecule has 0 aromatic carbocycles. The molecule has 0 aliphatic carbocycles. The van der Waals surface area contributed by atoms with Crippen molar-refractivity contribution in [2.45, 2.75) is 11.3 Å². The number of halogens is 6. The van der Waals surface area contributed by atoms with Crippen LogP contribution in [0, 0.1) is 0 Å². The van der Waals surface area contributed by atoms with Crippen molar-refractivity contribution in [3.63, 3.8) is 0 Å². The second kappa shape index (κ2) is 3.32. The monoisotopic (exact) mass is 224 g/mol. The first-order valence-electron chi connectivity index (χ1n) is 2.06. The summed E-state index contributed by atoms with van der Waals surface area (Å²) in [6.07, 6.45) is -3.97. The largest absolute Gasteiger partial charge is 0.322 e. The van der Waals surface area contributed by atoms with Gasteiger partial charge in [-0.1, -0.05) is 0 Å². The molecule has 0 atom stereocenters. The molecular formula is C4H2BrF5. The summed E-state index contributed by atoms with van der Waals surface area (Å²) in [5.41, 5.74) is 0. The van der Waals surface area contributed by atoms with E-state index in [0.29, 0.717) is 0 Å². The van der Waals surface area contributed by atoms with Gasteiger partial charge in [0.1, 0.15) is 0 Å². The molecule has 0 heterocycles. The van der Waals surface area contributed by atoms with Gasteiger partial charge in [-0.25, -0.2) is 13.2 Å². The molecule has 0 radical (unpaired) electrons. The molecule has 0 unspecified atom stereocenters. The van der Waals surface area contributed by atoms with Gasteiger partial charge in [-0.2, -0.15) is 8.78 Å². The molecule has 0 saturated heterocycles. The lowest BCUT2D eigenvalue weighted by Crippen LogP contribution is -2.02. The van der Waals surface area contributed by atoms with Crippen molar-refractivity contribution in [3.8, 4) is 0 Å². The van der Waals surface area contributed by atoms with Gasteiger partial charge >= 0.3 is 4.83 Å². The van der Waals surface area contributed by atoms with Crippen molar-refractivity contribution in [2.75, 3.05) is 0 Å². The van der Waals surface area contributed by atoms with Crippen LogP contribution in [0.5, 0.6) is 0 Å². The highest BCUT2D eigenvalue weighted by atomic mass is 79.9. The average Bonchev–Trinajstić information content (AvgIpc) is 1.60. The molecular weight excluding hydrogens is 223 g/mol. The van der Waals surface area contributed by atoms with Crippen LogP contribution in [-0.4, -0.2) is 11.3 Å². The number of hydrogen-bond donors (Lipinski definition) is 0. The molecule has 0 aliphatic heterocycles. The molecule has 60 valence electrons. The topological polar surface area (TPSA) is 0 Å². The highest BCUT2D eigenvalue weighted by molar-refractivity contribution is 9.10. The van der Waals surface area contributed by atoms with Gasteiger partial charge in [0, 0.05) is 6.08 Å². The molecule has 0 bridgehead atoms. The molecule has 0 amide bonds. The second-order valence-electron chi connectivity index (χ2n) is 1.37. The molecule has 0 N–H and O–H groups in total. The third-order valence-electron chi connectivity index (χ3n) is 0.510. The van der Waals surface area contributed by atoms with E-state index in [2.05, 4.69) is 0 Å². The fraction of sp³-hybridized carbons (Fsp3) is 0.500. The molecule has 6 heteroatoms. The van der Waals surface area contributed by atoms with E-state index in [1.54, 1.807) is 15.9 Å². The molecule has 0 fully saturated rings. The minimum Gasteiger partial charge on any atom is -0.206 e. The molecule has 0 nitrogen and oxygen atoms in total. The normalized spacial score (nSPS) is 14.5. The average molecular weight is 225 g/mol. The summed E-state index contributed by atoms with van der Waals surface area (Å²) in [4.78, 5) is -3.70. The number of rotatable bonds is 2. The summed E-state index contributed by atoms with van der Waals surface area (Å²) >= 11 is 1.66. The SMILES string of the molecule is F/C(=C\C(F)(F)Br)C(F)F. The van der Waals surface area contributed by atoms with Crippen molar-refractivity contribution in [1.82, 2.24) is 0 Å². The second-order valence-corrected chi connectivity index (χ2v) is 2.43. The zero-order valence-corrected chi connectivity index (χ0v) is 6.01. The Morgan fingerprint density at radius 2 is 1.80 bits per heavy atom. The zero-order valence-electron chi connectivity index (χ0n) is 4.42. The van der Waals surface area contributed by atoms with Crippen LogP contribution < -0.4 is 0 Å². The Bertz CT molecular complexity index is 135. The first-order valence-corrected chi connectivity index (χ1v) is 2.85. The lowest BCUT2D eigenvalue weighted by Gasteiger charge is -2.00. The van der Waals surface area contributed by atoms with E-state index in [1.807, 2.05) is 0 Å². The molecule has 0 aliphatic rings. The van der Waals surface area contributed by atoms with Crippen molar-refractivity contribution >= 4 is 15.9 Å². The molecule has 0 aromatic rings. The van der Waals surface area contributed by atoms with Crippen molar-refractivity contribution in [3.05, 3.63) is 11.9 Å². The maximum absolute atomic E-state index is 11.6. The third kappa shape index (κ3) is 4.72. The van der Waals surface area contributed by atoms with Gasteiger partial charge in [0.2, 0.25) is 0 Å². The van der Waals surface area contributed by atoms with Crippen LogP contribution in [0.15, 0.2) is 11.9 Å². The summed E-state index contributed by atoms with van der Waals surface area (Å²) in [5, 5.41) is 0. The van der Waals surface area contributed by atoms with Crippen LogP contribution >= 0.6 is 15.9 Å². The van der Waals surface area contributed by atoms with Crippen LogP contribution in [0.4, 0.5) is 22.0 Å². The van der Waals surface area contributed by atoms with E-state index in [9.17, 15) is 22.0 Å². The Hall–Kier alpha value is -0.130. The van der Waals surface area contributed by atoms with Crippen molar-refractivity contribution in [1.29, 1.82) is 0 Å². The molecule has 0 spiro atoms. The Balaban J connectivity index is 4.17. The van der Waals surface area contributed by atoms with Gasteiger partial charge in [-0.3, -0.25) is 0 Å². The fourth-order valence-electron chi connectivity index (χ4n) is 0.219. The Kier molecular flexibility index (Phi) is 3.27. The van der Waals surface area contributed by atoms with Gasteiger partial charge in [-0.05, 0) is 15.9 Å². The van der Waals surface area contributed by atoms with Gasteiger partial charge in [0.15, 0.2) is 5.83 Å². The van der Waals surface area contributed by atoms with Crippen molar-refractivity contribution < 1.29 is 22.0 Å². The van der Waals surface area contributed by atoms with Crippen LogP contribution in [0.3, 0.4) is 0 Å². The third-order valence-corrected chi connectivity index (χ3v) is 0.739. The maximum Gasteiger partial charge on any atom is 0.322 e. The van der Waals surface area contributed by atoms with Gasteiger partial charge in [-0.15, -0.1) is 0 Å². The number of hydrogen-bond acceptors (Lipinski definition) is 0. The summed E-state index contributed by atoms with van der Waals surface area (Å²) in [6.45, 7) is 0.